The molecule has 0 spiro atoms. The molecule has 22 heavy (non-hydrogen) atoms. The topological polar surface area (TPSA) is 17.1 Å². The monoisotopic (exact) mass is 296 g/mol. The first-order chi connectivity index (χ1) is 10.4. The summed E-state index contributed by atoms with van der Waals surface area (Å²) in [5, 5.41) is 0. The summed E-state index contributed by atoms with van der Waals surface area (Å²) in [5.41, 5.74) is 2.76. The van der Waals surface area contributed by atoms with Crippen LogP contribution in [0.4, 0.5) is 0 Å². The van der Waals surface area contributed by atoms with E-state index in [4.69, 9.17) is 0 Å². The Hall–Kier alpha value is -1.63. The van der Waals surface area contributed by atoms with E-state index in [9.17, 15) is 4.79 Å². The molecule has 0 saturated carbocycles. The van der Waals surface area contributed by atoms with Crippen LogP contribution in [0.15, 0.2) is 54.1 Å². The average molecular weight is 296 g/mol. The van der Waals surface area contributed by atoms with Crippen molar-refractivity contribution in [2.24, 2.45) is 11.3 Å². The number of hydrogen-bond acceptors (Lipinski definition) is 1. The molecule has 0 radical (unpaired) electrons. The molecule has 0 amide bonds. The van der Waals surface area contributed by atoms with Crippen LogP contribution in [0.1, 0.15) is 58.4 Å². The fraction of sp³-hybridized carbons (Fsp3) is 0.476. The van der Waals surface area contributed by atoms with E-state index in [1.165, 1.54) is 11.1 Å². The summed E-state index contributed by atoms with van der Waals surface area (Å²) < 4.78 is 0. The third-order valence-electron chi connectivity index (χ3n) is 4.81. The zero-order valence-electron chi connectivity index (χ0n) is 14.3. The Morgan fingerprint density at radius 1 is 1.14 bits per heavy atom. The van der Waals surface area contributed by atoms with Gasteiger partial charge in [0.15, 0.2) is 5.78 Å². The van der Waals surface area contributed by atoms with Crippen LogP contribution in [-0.4, -0.2) is 5.78 Å². The fourth-order valence-electron chi connectivity index (χ4n) is 3.05. The molecular weight excluding hydrogens is 268 g/mol. The molecule has 0 aliphatic heterocycles. The van der Waals surface area contributed by atoms with Gasteiger partial charge in [-0.2, -0.15) is 0 Å². The van der Waals surface area contributed by atoms with E-state index in [1.807, 2.05) is 12.1 Å². The molecule has 0 saturated heterocycles. The van der Waals surface area contributed by atoms with Crippen molar-refractivity contribution in [3.05, 3.63) is 59.7 Å². The summed E-state index contributed by atoms with van der Waals surface area (Å²) >= 11 is 0. The van der Waals surface area contributed by atoms with Gasteiger partial charge in [0.05, 0.1) is 0 Å². The van der Waals surface area contributed by atoms with Crippen molar-refractivity contribution < 1.29 is 4.79 Å². The summed E-state index contributed by atoms with van der Waals surface area (Å²) in [6.07, 6.45) is 9.33. The van der Waals surface area contributed by atoms with Crippen molar-refractivity contribution in [3.8, 4) is 0 Å². The van der Waals surface area contributed by atoms with Crippen molar-refractivity contribution in [1.82, 2.24) is 0 Å². The fourth-order valence-corrected chi connectivity index (χ4v) is 3.05. The number of rotatable bonds is 1. The first-order valence-electron chi connectivity index (χ1n) is 8.33. The zero-order valence-corrected chi connectivity index (χ0v) is 14.3. The van der Waals surface area contributed by atoms with E-state index in [-0.39, 0.29) is 17.1 Å². The Labute approximate surface area is 135 Å². The highest BCUT2D eigenvalue weighted by molar-refractivity contribution is 5.92. The molecule has 1 aromatic carbocycles. The molecule has 1 heteroatoms. The number of benzene rings is 1. The molecule has 2 rings (SSSR count). The normalized spacial score (nSPS) is 30.0. The Morgan fingerprint density at radius 2 is 1.82 bits per heavy atom. The third kappa shape index (κ3) is 4.43. The standard InChI is InChI=1S/C21H28O/c1-16-10-11-19(18-8-6-5-7-9-18)17(2)20(22)13-15-21(3,4)14-12-16/h5-9,12-13,15,17,19H,10-11,14H2,1-4H3/b15-13+,16-12+/t17-,19?/m1/s1. The smallest absolute Gasteiger partial charge is 0.158 e. The van der Waals surface area contributed by atoms with Crippen molar-refractivity contribution in [2.75, 3.05) is 0 Å². The number of ketones is 1. The molecule has 1 nitrogen and oxygen atoms in total. The lowest BCUT2D eigenvalue weighted by atomic mass is 9.80. The second-order valence-corrected chi connectivity index (χ2v) is 7.32. The van der Waals surface area contributed by atoms with Crippen LogP contribution < -0.4 is 0 Å². The minimum absolute atomic E-state index is 0.0281. The summed E-state index contributed by atoms with van der Waals surface area (Å²) in [4.78, 5) is 12.6. The number of carbonyl (C=O) groups is 1. The first-order valence-corrected chi connectivity index (χ1v) is 8.33. The van der Waals surface area contributed by atoms with Gasteiger partial charge in [0.1, 0.15) is 0 Å². The lowest BCUT2D eigenvalue weighted by Crippen LogP contribution is -2.18. The molecule has 0 bridgehead atoms. The lowest BCUT2D eigenvalue weighted by Gasteiger charge is -2.23. The largest absolute Gasteiger partial charge is 0.295 e. The van der Waals surface area contributed by atoms with Gasteiger partial charge in [0.2, 0.25) is 0 Å². The summed E-state index contributed by atoms with van der Waals surface area (Å²) in [5.74, 6) is 0.574. The lowest BCUT2D eigenvalue weighted by molar-refractivity contribution is -0.118. The highest BCUT2D eigenvalue weighted by atomic mass is 16.1. The summed E-state index contributed by atoms with van der Waals surface area (Å²) in [6.45, 7) is 8.68. The molecule has 0 aromatic heterocycles. The maximum Gasteiger partial charge on any atom is 0.158 e. The molecule has 1 aliphatic rings. The second kappa shape index (κ2) is 7.09. The quantitative estimate of drug-likeness (QED) is 0.609. The van der Waals surface area contributed by atoms with Crippen LogP contribution in [-0.2, 0) is 4.79 Å². The summed E-state index contributed by atoms with van der Waals surface area (Å²) in [7, 11) is 0. The van der Waals surface area contributed by atoms with Crippen LogP contribution in [0.25, 0.3) is 0 Å². The maximum absolute atomic E-state index is 12.6. The Bertz CT molecular complexity index is 563. The molecular formula is C21H28O. The van der Waals surface area contributed by atoms with E-state index < -0.39 is 0 Å². The predicted octanol–water partition coefficient (Wildman–Crippen LogP) is 5.69. The van der Waals surface area contributed by atoms with E-state index in [1.54, 1.807) is 0 Å². The van der Waals surface area contributed by atoms with Gasteiger partial charge in [-0.1, -0.05) is 68.8 Å². The van der Waals surface area contributed by atoms with Crippen molar-refractivity contribution in [2.45, 2.75) is 52.9 Å². The van der Waals surface area contributed by atoms with Crippen molar-refractivity contribution in [3.63, 3.8) is 0 Å². The van der Waals surface area contributed by atoms with E-state index in [0.29, 0.717) is 5.92 Å². The van der Waals surface area contributed by atoms with Gasteiger partial charge in [-0.15, -0.1) is 0 Å². The van der Waals surface area contributed by atoms with Gasteiger partial charge in [0, 0.05) is 5.92 Å². The number of allylic oxidation sites excluding steroid dienone is 4. The maximum atomic E-state index is 12.6. The van der Waals surface area contributed by atoms with E-state index in [0.717, 1.165) is 19.3 Å². The molecule has 0 N–H and O–H groups in total. The van der Waals surface area contributed by atoms with Gasteiger partial charge >= 0.3 is 0 Å². The molecule has 0 fully saturated rings. The van der Waals surface area contributed by atoms with Gasteiger partial charge < -0.3 is 0 Å². The minimum atomic E-state index is 0.0281. The molecule has 1 aliphatic carbocycles. The third-order valence-corrected chi connectivity index (χ3v) is 4.81. The Kier molecular flexibility index (Phi) is 5.39. The number of hydrogen-bond donors (Lipinski definition) is 0. The van der Waals surface area contributed by atoms with E-state index >= 15 is 0 Å². The molecule has 2 atom stereocenters. The van der Waals surface area contributed by atoms with Crippen molar-refractivity contribution >= 4 is 5.78 Å². The SMILES string of the molecule is C/C1=C\CC(C)(C)/C=C/C(=O)[C@H](C)C(c2ccccc2)CC1. The van der Waals surface area contributed by atoms with Crippen LogP contribution in [0.5, 0.6) is 0 Å². The predicted molar refractivity (Wildman–Crippen MR) is 93.9 cm³/mol. The molecule has 1 aromatic rings. The Balaban J connectivity index is 2.33. The van der Waals surface area contributed by atoms with Crippen LogP contribution in [0.3, 0.4) is 0 Å². The molecule has 118 valence electrons. The number of carbonyl (C=O) groups excluding carboxylic acids is 1. The first kappa shape index (κ1) is 16.7. The van der Waals surface area contributed by atoms with E-state index in [2.05, 4.69) is 64.1 Å². The molecule has 1 unspecified atom stereocenters. The zero-order chi connectivity index (χ0) is 16.2. The van der Waals surface area contributed by atoms with Crippen LogP contribution in [0.2, 0.25) is 0 Å². The van der Waals surface area contributed by atoms with Gasteiger partial charge in [0.25, 0.3) is 0 Å². The highest BCUT2D eigenvalue weighted by Gasteiger charge is 2.25. The van der Waals surface area contributed by atoms with Crippen LogP contribution >= 0.6 is 0 Å². The minimum Gasteiger partial charge on any atom is -0.295 e. The highest BCUT2D eigenvalue weighted by Crippen LogP contribution is 2.33. The second-order valence-electron chi connectivity index (χ2n) is 7.32. The molecule has 0 heterocycles. The average Bonchev–Trinajstić information content (AvgIpc) is 2.52. The van der Waals surface area contributed by atoms with Gasteiger partial charge in [-0.05, 0) is 49.2 Å². The van der Waals surface area contributed by atoms with Crippen molar-refractivity contribution in [1.29, 1.82) is 0 Å². The van der Waals surface area contributed by atoms with Gasteiger partial charge in [-0.3, -0.25) is 4.79 Å². The van der Waals surface area contributed by atoms with Gasteiger partial charge in [-0.25, -0.2) is 0 Å². The Morgan fingerprint density at radius 3 is 2.50 bits per heavy atom. The van der Waals surface area contributed by atoms with Crippen LogP contribution in [0, 0.1) is 11.3 Å². The summed E-state index contributed by atoms with van der Waals surface area (Å²) in [6, 6.07) is 10.5.